The van der Waals surface area contributed by atoms with Crippen LogP contribution in [-0.4, -0.2) is 62.3 Å². The molecule has 2 amide bonds. The van der Waals surface area contributed by atoms with Crippen LogP contribution in [0, 0.1) is 0 Å². The zero-order valence-electron chi connectivity index (χ0n) is 19.6. The Labute approximate surface area is 208 Å². The van der Waals surface area contributed by atoms with Gasteiger partial charge in [-0.1, -0.05) is 19.1 Å². The minimum Gasteiger partial charge on any atom is -0.384 e. The molecule has 1 aromatic carbocycles. The van der Waals surface area contributed by atoms with Crippen molar-refractivity contribution in [3.8, 4) is 11.1 Å². The van der Waals surface area contributed by atoms with Gasteiger partial charge in [-0.3, -0.25) is 14.6 Å². The number of nitrogens with zero attached hydrogens (tertiary/aromatic N) is 2. The third kappa shape index (κ3) is 6.22. The van der Waals surface area contributed by atoms with Gasteiger partial charge in [0.05, 0.1) is 29.1 Å². The van der Waals surface area contributed by atoms with Crippen molar-refractivity contribution >= 4 is 43.2 Å². The summed E-state index contributed by atoms with van der Waals surface area (Å²) in [6.07, 6.45) is 4.49. The van der Waals surface area contributed by atoms with E-state index in [0.717, 1.165) is 52.1 Å². The fourth-order valence-electron chi connectivity index (χ4n) is 3.55. The minimum atomic E-state index is -3.94. The molecule has 0 radical (unpaired) electrons. The topological polar surface area (TPSA) is 127 Å². The van der Waals surface area contributed by atoms with E-state index in [2.05, 4.69) is 20.6 Å². The van der Waals surface area contributed by atoms with Crippen molar-refractivity contribution in [2.75, 3.05) is 26.0 Å². The molecule has 0 aliphatic heterocycles. The highest BCUT2D eigenvalue weighted by atomic mass is 32.2. The molecule has 1 fully saturated rings. The summed E-state index contributed by atoms with van der Waals surface area (Å²) in [5, 5.41) is 3.88. The first-order valence-corrected chi connectivity index (χ1v) is 14.0. The second-order valence-electron chi connectivity index (χ2n) is 8.43. The van der Waals surface area contributed by atoms with Crippen molar-refractivity contribution in [2.24, 2.45) is 0 Å². The highest BCUT2D eigenvalue weighted by molar-refractivity contribution is 7.92. The Morgan fingerprint density at radius 2 is 1.97 bits per heavy atom. The number of carbonyl (C=O) groups is 2. The molecule has 2 aromatic heterocycles. The molecule has 1 unspecified atom stereocenters. The molecule has 35 heavy (non-hydrogen) atoms. The Hall–Kier alpha value is -2.89. The number of rotatable bonds is 11. The molecular formula is C24H28N4O5S2. The van der Waals surface area contributed by atoms with Crippen LogP contribution in [0.2, 0.25) is 0 Å². The maximum absolute atomic E-state index is 13.1. The van der Waals surface area contributed by atoms with Crippen LogP contribution in [0.15, 0.2) is 36.5 Å². The van der Waals surface area contributed by atoms with Gasteiger partial charge in [-0.25, -0.2) is 13.4 Å². The van der Waals surface area contributed by atoms with E-state index in [-0.39, 0.29) is 35.9 Å². The van der Waals surface area contributed by atoms with E-state index in [0.29, 0.717) is 5.52 Å². The number of pyridine rings is 1. The standard InChI is InChI=1S/C24H28N4O5S2/c1-3-17-6-4-16(13-25-17)15-5-9-19-20(12-15)34-24(28-19)22(35(31,32)11-10-33-2)23(30)26-14-21(29)27-18-7-8-18/h4-6,9,12-13,18,22H,3,7-8,10-11,14H2,1-2H3,(H,26,30)(H,27,29). The van der Waals surface area contributed by atoms with Gasteiger partial charge in [0.25, 0.3) is 0 Å². The number of sulfone groups is 1. The number of aryl methyl sites for hydroxylation is 1. The Kier molecular flexibility index (Phi) is 7.78. The number of aromatic nitrogens is 2. The Balaban J connectivity index is 1.61. The second kappa shape index (κ2) is 10.8. The van der Waals surface area contributed by atoms with E-state index in [1.54, 1.807) is 12.3 Å². The summed E-state index contributed by atoms with van der Waals surface area (Å²) in [5.41, 5.74) is 3.44. The number of amides is 2. The number of hydrogen-bond acceptors (Lipinski definition) is 8. The van der Waals surface area contributed by atoms with Crippen LogP contribution >= 0.6 is 11.3 Å². The average Bonchev–Trinajstić information content (AvgIpc) is 3.56. The predicted octanol–water partition coefficient (Wildman–Crippen LogP) is 2.42. The summed E-state index contributed by atoms with van der Waals surface area (Å²) in [5.74, 6) is -1.46. The number of fused-ring (bicyclic) bond motifs is 1. The molecule has 1 atom stereocenters. The molecule has 2 heterocycles. The summed E-state index contributed by atoms with van der Waals surface area (Å²) in [7, 11) is -2.55. The van der Waals surface area contributed by atoms with E-state index in [4.69, 9.17) is 4.74 Å². The van der Waals surface area contributed by atoms with E-state index < -0.39 is 21.0 Å². The summed E-state index contributed by atoms with van der Waals surface area (Å²) < 4.78 is 31.9. The molecule has 1 aliphatic carbocycles. The highest BCUT2D eigenvalue weighted by Gasteiger charge is 2.37. The number of hydrogen-bond donors (Lipinski definition) is 2. The Bertz CT molecular complexity index is 1320. The summed E-state index contributed by atoms with van der Waals surface area (Å²) in [6.45, 7) is 1.70. The zero-order chi connectivity index (χ0) is 25.0. The average molecular weight is 517 g/mol. The molecule has 9 nitrogen and oxygen atoms in total. The van der Waals surface area contributed by atoms with Crippen molar-refractivity contribution in [1.29, 1.82) is 0 Å². The quantitative estimate of drug-likeness (QED) is 0.401. The van der Waals surface area contributed by atoms with Crippen LogP contribution in [-0.2, 0) is 30.6 Å². The van der Waals surface area contributed by atoms with E-state index in [1.807, 2.05) is 31.2 Å². The van der Waals surface area contributed by atoms with Gasteiger partial charge in [0.1, 0.15) is 5.01 Å². The van der Waals surface area contributed by atoms with Gasteiger partial charge in [-0.2, -0.15) is 0 Å². The number of benzene rings is 1. The Morgan fingerprint density at radius 1 is 1.20 bits per heavy atom. The van der Waals surface area contributed by atoms with Crippen LogP contribution in [0.25, 0.3) is 21.3 Å². The van der Waals surface area contributed by atoms with Gasteiger partial charge < -0.3 is 15.4 Å². The number of nitrogens with one attached hydrogen (secondary N) is 2. The van der Waals surface area contributed by atoms with Crippen molar-refractivity contribution < 1.29 is 22.7 Å². The predicted molar refractivity (Wildman–Crippen MR) is 135 cm³/mol. The van der Waals surface area contributed by atoms with Crippen LogP contribution in [0.5, 0.6) is 0 Å². The summed E-state index contributed by atoms with van der Waals surface area (Å²) >= 11 is 1.15. The maximum atomic E-state index is 13.1. The van der Waals surface area contributed by atoms with Gasteiger partial charge in [0, 0.05) is 30.6 Å². The SMILES string of the molecule is CCc1ccc(-c2ccc3nc(C(C(=O)NCC(=O)NC4CC4)S(=O)(=O)CCOC)sc3c2)cn1. The lowest BCUT2D eigenvalue weighted by Crippen LogP contribution is -2.41. The first-order chi connectivity index (χ1) is 16.8. The minimum absolute atomic E-state index is 0.0515. The smallest absolute Gasteiger partial charge is 0.245 e. The van der Waals surface area contributed by atoms with Gasteiger partial charge in [-0.15, -0.1) is 11.3 Å². The number of carbonyl (C=O) groups excluding carboxylic acids is 2. The van der Waals surface area contributed by atoms with Crippen molar-refractivity contribution in [3.05, 3.63) is 47.2 Å². The second-order valence-corrected chi connectivity index (χ2v) is 11.7. The molecule has 2 N–H and O–H groups in total. The van der Waals surface area contributed by atoms with E-state index in [9.17, 15) is 18.0 Å². The lowest BCUT2D eigenvalue weighted by molar-refractivity contribution is -0.126. The van der Waals surface area contributed by atoms with Crippen molar-refractivity contribution in [1.82, 2.24) is 20.6 Å². The first kappa shape index (κ1) is 25.2. The van der Waals surface area contributed by atoms with Crippen molar-refractivity contribution in [2.45, 2.75) is 37.5 Å². The van der Waals surface area contributed by atoms with Gasteiger partial charge >= 0.3 is 0 Å². The van der Waals surface area contributed by atoms with Gasteiger partial charge in [0.2, 0.25) is 11.8 Å². The molecule has 186 valence electrons. The molecule has 11 heteroatoms. The Morgan fingerprint density at radius 3 is 2.63 bits per heavy atom. The van der Waals surface area contributed by atoms with Crippen molar-refractivity contribution in [3.63, 3.8) is 0 Å². The van der Waals surface area contributed by atoms with E-state index >= 15 is 0 Å². The maximum Gasteiger partial charge on any atom is 0.245 e. The number of thiazole rings is 1. The van der Waals surface area contributed by atoms with Crippen LogP contribution < -0.4 is 10.6 Å². The molecule has 0 saturated heterocycles. The molecule has 1 saturated carbocycles. The normalized spacial score (nSPS) is 14.6. The monoisotopic (exact) mass is 516 g/mol. The molecule has 0 spiro atoms. The van der Waals surface area contributed by atoms with Gasteiger partial charge in [0.15, 0.2) is 15.1 Å². The third-order valence-corrected chi connectivity index (χ3v) is 8.81. The van der Waals surface area contributed by atoms with Crippen LogP contribution in [0.4, 0.5) is 0 Å². The largest absolute Gasteiger partial charge is 0.384 e. The molecule has 0 bridgehead atoms. The number of methoxy groups -OCH3 is 1. The lowest BCUT2D eigenvalue weighted by Gasteiger charge is -2.15. The summed E-state index contributed by atoms with van der Waals surface area (Å²) in [4.78, 5) is 34.0. The summed E-state index contributed by atoms with van der Waals surface area (Å²) in [6, 6.07) is 9.72. The molecule has 1 aliphatic rings. The highest BCUT2D eigenvalue weighted by Crippen LogP contribution is 2.34. The molecule has 3 aromatic rings. The fourth-order valence-corrected chi connectivity index (χ4v) is 6.53. The van der Waals surface area contributed by atoms with Crippen LogP contribution in [0.1, 0.15) is 35.7 Å². The van der Waals surface area contributed by atoms with E-state index in [1.165, 1.54) is 7.11 Å². The zero-order valence-corrected chi connectivity index (χ0v) is 21.2. The molecular weight excluding hydrogens is 488 g/mol. The van der Waals surface area contributed by atoms with Gasteiger partial charge in [-0.05, 0) is 43.0 Å². The molecule has 4 rings (SSSR count). The third-order valence-electron chi connectivity index (χ3n) is 5.68. The fraction of sp³-hybridized carbons (Fsp3) is 0.417. The lowest BCUT2D eigenvalue weighted by atomic mass is 10.1. The van der Waals surface area contributed by atoms with Crippen LogP contribution in [0.3, 0.4) is 0 Å². The number of ether oxygens (including phenoxy) is 1. The first-order valence-electron chi connectivity index (χ1n) is 11.4.